The number of ether oxygens (including phenoxy) is 1. The minimum atomic E-state index is -3.67. The van der Waals surface area contributed by atoms with Crippen LogP contribution in [-0.2, 0) is 34.1 Å². The second-order valence-electron chi connectivity index (χ2n) is 8.63. The molecule has 0 aliphatic heterocycles. The van der Waals surface area contributed by atoms with E-state index in [9.17, 15) is 18.0 Å². The molecule has 1 N–H and O–H groups in total. The molecule has 1 amide bonds. The zero-order chi connectivity index (χ0) is 26.7. The number of sulfonamides is 1. The first-order valence-corrected chi connectivity index (χ1v) is 15.2. The first-order chi connectivity index (χ1) is 17.6. The van der Waals surface area contributed by atoms with Crippen LogP contribution in [0.25, 0.3) is 0 Å². The fourth-order valence-electron chi connectivity index (χ4n) is 4.24. The van der Waals surface area contributed by atoms with Crippen molar-refractivity contribution < 1.29 is 22.7 Å². The third-order valence-electron chi connectivity index (χ3n) is 6.02. The highest BCUT2D eigenvalue weighted by molar-refractivity contribution is 7.92. The van der Waals surface area contributed by atoms with Crippen LogP contribution in [0.2, 0.25) is 10.0 Å². The standard InChI is InChI=1S/C26H26Cl2N2O5S2/c1-3-35-26(32)22-18-7-4-5-10-21(18)36-25(22)29-24(31)17-13-11-16(12-14-17)15-30(37(2,33)34)20-9-6-8-19(27)23(20)28/h6,8-9,11-14H,3-5,7,10,15H2,1-2H3,(H,29,31). The molecule has 0 saturated carbocycles. The number of carbonyl (C=O) groups excluding carboxylic acids is 2. The molecule has 0 unspecified atom stereocenters. The topological polar surface area (TPSA) is 92.8 Å². The molecule has 1 aliphatic carbocycles. The fraction of sp³-hybridized carbons (Fsp3) is 0.308. The highest BCUT2D eigenvalue weighted by Crippen LogP contribution is 2.39. The zero-order valence-electron chi connectivity index (χ0n) is 20.3. The molecule has 11 heteroatoms. The molecule has 1 heterocycles. The van der Waals surface area contributed by atoms with Gasteiger partial charge >= 0.3 is 5.97 Å². The van der Waals surface area contributed by atoms with Crippen LogP contribution in [0.5, 0.6) is 0 Å². The van der Waals surface area contributed by atoms with Crippen molar-refractivity contribution in [1.29, 1.82) is 0 Å². The van der Waals surface area contributed by atoms with E-state index < -0.39 is 16.0 Å². The Hall–Kier alpha value is -2.59. The van der Waals surface area contributed by atoms with Gasteiger partial charge in [-0.2, -0.15) is 0 Å². The number of esters is 1. The quantitative estimate of drug-likeness (QED) is 0.314. The van der Waals surface area contributed by atoms with Crippen molar-refractivity contribution in [2.24, 2.45) is 0 Å². The third-order valence-corrected chi connectivity index (χ3v) is 9.16. The lowest BCUT2D eigenvalue weighted by Gasteiger charge is -2.24. The molecule has 0 saturated heterocycles. The lowest BCUT2D eigenvalue weighted by molar-refractivity contribution is 0.0526. The number of halogens is 2. The Morgan fingerprint density at radius 3 is 2.46 bits per heavy atom. The van der Waals surface area contributed by atoms with Gasteiger partial charge < -0.3 is 10.1 Å². The summed E-state index contributed by atoms with van der Waals surface area (Å²) >= 11 is 13.8. The first kappa shape index (κ1) is 27.4. The van der Waals surface area contributed by atoms with Gasteiger partial charge in [-0.1, -0.05) is 41.4 Å². The van der Waals surface area contributed by atoms with Crippen molar-refractivity contribution in [3.63, 3.8) is 0 Å². The molecule has 0 radical (unpaired) electrons. The maximum atomic E-state index is 13.1. The van der Waals surface area contributed by atoms with Gasteiger partial charge in [0, 0.05) is 10.4 Å². The molecule has 4 rings (SSSR count). The van der Waals surface area contributed by atoms with Crippen LogP contribution in [0.15, 0.2) is 42.5 Å². The Morgan fingerprint density at radius 1 is 1.08 bits per heavy atom. The average molecular weight is 582 g/mol. The highest BCUT2D eigenvalue weighted by Gasteiger charge is 2.27. The van der Waals surface area contributed by atoms with Gasteiger partial charge in [0.15, 0.2) is 0 Å². The predicted molar refractivity (Wildman–Crippen MR) is 149 cm³/mol. The van der Waals surface area contributed by atoms with Crippen LogP contribution in [0.4, 0.5) is 10.7 Å². The third kappa shape index (κ3) is 6.12. The summed E-state index contributed by atoms with van der Waals surface area (Å²) in [5, 5.41) is 3.77. The molecule has 2 aromatic carbocycles. The Morgan fingerprint density at radius 2 is 1.78 bits per heavy atom. The van der Waals surface area contributed by atoms with Gasteiger partial charge in [-0.15, -0.1) is 11.3 Å². The molecule has 196 valence electrons. The number of nitrogens with one attached hydrogen (secondary N) is 1. The largest absolute Gasteiger partial charge is 0.462 e. The Kier molecular flexibility index (Phi) is 8.48. The Labute approximate surface area is 230 Å². The van der Waals surface area contributed by atoms with Gasteiger partial charge in [-0.3, -0.25) is 9.10 Å². The minimum Gasteiger partial charge on any atom is -0.462 e. The van der Waals surface area contributed by atoms with E-state index in [0.717, 1.165) is 46.7 Å². The summed E-state index contributed by atoms with van der Waals surface area (Å²) in [7, 11) is -3.67. The number of benzene rings is 2. The van der Waals surface area contributed by atoms with E-state index in [1.54, 1.807) is 49.4 Å². The van der Waals surface area contributed by atoms with Gasteiger partial charge in [0.2, 0.25) is 10.0 Å². The summed E-state index contributed by atoms with van der Waals surface area (Å²) < 4.78 is 31.5. The molecule has 0 fully saturated rings. The SMILES string of the molecule is CCOC(=O)c1c(NC(=O)c2ccc(CN(c3cccc(Cl)c3Cl)S(C)(=O)=O)cc2)sc2c1CCCC2. The number of rotatable bonds is 8. The van der Waals surface area contributed by atoms with Gasteiger partial charge in [-0.25, -0.2) is 13.2 Å². The van der Waals surface area contributed by atoms with Crippen molar-refractivity contribution in [2.75, 3.05) is 22.5 Å². The van der Waals surface area contributed by atoms with E-state index >= 15 is 0 Å². The van der Waals surface area contributed by atoms with Crippen LogP contribution in [0, 0.1) is 0 Å². The predicted octanol–water partition coefficient (Wildman–Crippen LogP) is 6.33. The van der Waals surface area contributed by atoms with Crippen molar-refractivity contribution in [2.45, 2.75) is 39.2 Å². The Bertz CT molecular complexity index is 1440. The van der Waals surface area contributed by atoms with E-state index in [4.69, 9.17) is 27.9 Å². The molecule has 0 spiro atoms. The lowest BCUT2D eigenvalue weighted by Crippen LogP contribution is -2.29. The smallest absolute Gasteiger partial charge is 0.341 e. The van der Waals surface area contributed by atoms with Crippen LogP contribution >= 0.6 is 34.5 Å². The number of hydrogen-bond acceptors (Lipinski definition) is 6. The molecular formula is C26H26Cl2N2O5S2. The number of thiophene rings is 1. The zero-order valence-corrected chi connectivity index (χ0v) is 23.5. The van der Waals surface area contributed by atoms with Gasteiger partial charge in [0.1, 0.15) is 5.00 Å². The van der Waals surface area contributed by atoms with Crippen molar-refractivity contribution >= 4 is 67.1 Å². The molecule has 0 bridgehead atoms. The van der Waals surface area contributed by atoms with Crippen LogP contribution < -0.4 is 9.62 Å². The molecule has 7 nitrogen and oxygen atoms in total. The summed E-state index contributed by atoms with van der Waals surface area (Å²) in [5.74, 6) is -0.790. The number of nitrogens with zero attached hydrogens (tertiary/aromatic N) is 1. The maximum Gasteiger partial charge on any atom is 0.341 e. The molecule has 0 atom stereocenters. The summed E-state index contributed by atoms with van der Waals surface area (Å²) in [4.78, 5) is 26.8. The Balaban J connectivity index is 1.55. The number of amides is 1. The second-order valence-corrected chi connectivity index (χ2v) is 12.4. The maximum absolute atomic E-state index is 13.1. The number of fused-ring (bicyclic) bond motifs is 1. The van der Waals surface area contributed by atoms with E-state index in [1.165, 1.54) is 11.3 Å². The number of aryl methyl sites for hydroxylation is 1. The van der Waals surface area contributed by atoms with E-state index in [1.807, 2.05) is 0 Å². The minimum absolute atomic E-state index is 0.00540. The van der Waals surface area contributed by atoms with Crippen molar-refractivity contribution in [3.8, 4) is 0 Å². The van der Waals surface area contributed by atoms with E-state index in [-0.39, 0.29) is 34.8 Å². The first-order valence-electron chi connectivity index (χ1n) is 11.7. The summed E-state index contributed by atoms with van der Waals surface area (Å²) in [5.41, 5.74) is 2.72. The number of carbonyl (C=O) groups is 2. The van der Waals surface area contributed by atoms with Gasteiger partial charge in [0.25, 0.3) is 5.91 Å². The normalized spacial score (nSPS) is 13.1. The van der Waals surface area contributed by atoms with Crippen LogP contribution in [0.1, 0.15) is 56.5 Å². The summed E-state index contributed by atoms with van der Waals surface area (Å²) in [6.07, 6.45) is 4.81. The molecule has 1 aromatic heterocycles. The number of anilines is 2. The average Bonchev–Trinajstić information content (AvgIpc) is 3.22. The molecule has 3 aromatic rings. The van der Waals surface area contributed by atoms with Gasteiger partial charge in [0.05, 0.1) is 40.7 Å². The molecule has 1 aliphatic rings. The van der Waals surface area contributed by atoms with Crippen molar-refractivity contribution in [3.05, 3.63) is 79.6 Å². The monoisotopic (exact) mass is 580 g/mol. The van der Waals surface area contributed by atoms with E-state index in [0.29, 0.717) is 21.7 Å². The fourth-order valence-corrected chi connectivity index (χ4v) is 6.86. The van der Waals surface area contributed by atoms with E-state index in [2.05, 4.69) is 5.32 Å². The van der Waals surface area contributed by atoms with Crippen molar-refractivity contribution in [1.82, 2.24) is 0 Å². The second kappa shape index (κ2) is 11.4. The highest BCUT2D eigenvalue weighted by atomic mass is 35.5. The molecule has 37 heavy (non-hydrogen) atoms. The lowest BCUT2D eigenvalue weighted by atomic mass is 9.95. The summed E-state index contributed by atoms with van der Waals surface area (Å²) in [6.45, 7) is 2.01. The van der Waals surface area contributed by atoms with Crippen LogP contribution in [-0.4, -0.2) is 33.2 Å². The number of hydrogen-bond donors (Lipinski definition) is 1. The van der Waals surface area contributed by atoms with Gasteiger partial charge in [-0.05, 0) is 68.0 Å². The van der Waals surface area contributed by atoms with Crippen LogP contribution in [0.3, 0.4) is 0 Å². The summed E-state index contributed by atoms with van der Waals surface area (Å²) in [6, 6.07) is 11.4. The molecular weight excluding hydrogens is 555 g/mol.